The van der Waals surface area contributed by atoms with Crippen molar-refractivity contribution in [3.8, 4) is 10.6 Å². The van der Waals surface area contributed by atoms with Crippen LogP contribution in [0.15, 0.2) is 24.5 Å². The van der Waals surface area contributed by atoms with Crippen molar-refractivity contribution in [2.75, 3.05) is 26.2 Å². The average molecular weight is 427 g/mol. The van der Waals surface area contributed by atoms with Gasteiger partial charge >= 0.3 is 0 Å². The maximum absolute atomic E-state index is 13.3. The number of piperidine rings is 2. The molecule has 0 spiro atoms. The maximum atomic E-state index is 13.3. The molecule has 6 nitrogen and oxygen atoms in total. The van der Waals surface area contributed by atoms with Crippen LogP contribution in [0.5, 0.6) is 0 Å². The van der Waals surface area contributed by atoms with Gasteiger partial charge in [0.05, 0.1) is 11.6 Å². The molecular formula is C23H30N4O2S. The van der Waals surface area contributed by atoms with E-state index in [1.165, 1.54) is 17.8 Å². The number of carbonyl (C=O) groups is 2. The van der Waals surface area contributed by atoms with E-state index in [1.807, 2.05) is 28.9 Å². The molecular weight excluding hydrogens is 396 g/mol. The molecule has 0 aliphatic carbocycles. The monoisotopic (exact) mass is 426 g/mol. The molecule has 2 aliphatic heterocycles. The molecule has 4 rings (SSSR count). The van der Waals surface area contributed by atoms with E-state index in [1.54, 1.807) is 12.4 Å². The number of likely N-dealkylation sites (tertiary alicyclic amines) is 2. The van der Waals surface area contributed by atoms with E-state index in [0.29, 0.717) is 29.8 Å². The van der Waals surface area contributed by atoms with E-state index < -0.39 is 0 Å². The number of nitrogens with zero attached hydrogens (tertiary/aromatic N) is 4. The van der Waals surface area contributed by atoms with Gasteiger partial charge in [-0.2, -0.15) is 0 Å². The van der Waals surface area contributed by atoms with Gasteiger partial charge in [0.2, 0.25) is 5.91 Å². The highest BCUT2D eigenvalue weighted by Gasteiger charge is 2.35. The minimum atomic E-state index is -0.0915. The van der Waals surface area contributed by atoms with Gasteiger partial charge in [-0.3, -0.25) is 14.6 Å². The molecule has 0 bridgehead atoms. The maximum Gasteiger partial charge on any atom is 0.265 e. The van der Waals surface area contributed by atoms with Crippen LogP contribution in [0.4, 0.5) is 0 Å². The molecule has 7 heteroatoms. The number of carbonyl (C=O) groups excluding carboxylic acids is 2. The first-order valence-electron chi connectivity index (χ1n) is 10.9. The quantitative estimate of drug-likeness (QED) is 0.747. The smallest absolute Gasteiger partial charge is 0.265 e. The Kier molecular flexibility index (Phi) is 6.18. The van der Waals surface area contributed by atoms with Crippen molar-refractivity contribution in [1.29, 1.82) is 0 Å². The van der Waals surface area contributed by atoms with Crippen molar-refractivity contribution in [2.24, 2.45) is 17.8 Å². The van der Waals surface area contributed by atoms with E-state index in [-0.39, 0.29) is 17.7 Å². The standard InChI is InChI=1S/C23H30N4O2S/c1-15-10-16(2)13-27(12-15)22(28)19-7-5-9-26(14-19)23(29)20-17(3)25-21(30-20)18-6-4-8-24-11-18/h4,6,8,11,15-16,19H,5,7,9-10,12-14H2,1-3H3. The lowest BCUT2D eigenvalue weighted by Crippen LogP contribution is -2.50. The Labute approximate surface area is 182 Å². The molecule has 0 saturated carbocycles. The van der Waals surface area contributed by atoms with Crippen LogP contribution >= 0.6 is 11.3 Å². The third-order valence-electron chi connectivity index (χ3n) is 6.14. The van der Waals surface area contributed by atoms with Gasteiger partial charge < -0.3 is 9.80 Å². The van der Waals surface area contributed by atoms with Crippen LogP contribution in [0.1, 0.15) is 48.5 Å². The predicted octanol–water partition coefficient (Wildman–Crippen LogP) is 3.87. The van der Waals surface area contributed by atoms with Gasteiger partial charge in [-0.25, -0.2) is 4.98 Å². The highest BCUT2D eigenvalue weighted by molar-refractivity contribution is 7.17. The van der Waals surface area contributed by atoms with Crippen LogP contribution in [-0.2, 0) is 4.79 Å². The van der Waals surface area contributed by atoms with E-state index in [4.69, 9.17) is 0 Å². The largest absolute Gasteiger partial charge is 0.342 e. The molecule has 3 atom stereocenters. The normalized spacial score (nSPS) is 24.7. The number of thiazole rings is 1. The summed E-state index contributed by atoms with van der Waals surface area (Å²) < 4.78 is 0. The van der Waals surface area contributed by atoms with Crippen LogP contribution in [0.3, 0.4) is 0 Å². The SMILES string of the molecule is Cc1nc(-c2cccnc2)sc1C(=O)N1CCCC(C(=O)N2CC(C)CC(C)C2)C1. The summed E-state index contributed by atoms with van der Waals surface area (Å²) in [5.74, 6) is 1.22. The summed E-state index contributed by atoms with van der Waals surface area (Å²) in [5.41, 5.74) is 1.67. The third-order valence-corrected chi connectivity index (χ3v) is 7.33. The van der Waals surface area contributed by atoms with Crippen LogP contribution in [0.25, 0.3) is 10.6 Å². The van der Waals surface area contributed by atoms with Crippen LogP contribution in [0, 0.1) is 24.7 Å². The number of hydrogen-bond acceptors (Lipinski definition) is 5. The zero-order valence-electron chi connectivity index (χ0n) is 18.0. The Morgan fingerprint density at radius 2 is 1.90 bits per heavy atom. The van der Waals surface area contributed by atoms with Crippen molar-refractivity contribution >= 4 is 23.2 Å². The number of hydrogen-bond donors (Lipinski definition) is 0. The lowest BCUT2D eigenvalue weighted by Gasteiger charge is -2.39. The molecule has 160 valence electrons. The lowest BCUT2D eigenvalue weighted by molar-refractivity contribution is -0.139. The fourth-order valence-electron chi connectivity index (χ4n) is 4.82. The number of rotatable bonds is 3. The van der Waals surface area contributed by atoms with Gasteiger partial charge in [0.1, 0.15) is 9.88 Å². The van der Waals surface area contributed by atoms with Crippen LogP contribution < -0.4 is 0 Å². The fraction of sp³-hybridized carbons (Fsp3) is 0.565. The summed E-state index contributed by atoms with van der Waals surface area (Å²) in [6, 6.07) is 3.83. The van der Waals surface area contributed by atoms with Crippen LogP contribution in [-0.4, -0.2) is 57.8 Å². The number of aromatic nitrogens is 2. The molecule has 2 aromatic heterocycles. The molecule has 30 heavy (non-hydrogen) atoms. The summed E-state index contributed by atoms with van der Waals surface area (Å²) in [5, 5.41) is 0.810. The van der Waals surface area contributed by atoms with Gasteiger partial charge in [-0.1, -0.05) is 13.8 Å². The van der Waals surface area contributed by atoms with Crippen molar-refractivity contribution in [3.63, 3.8) is 0 Å². The van der Waals surface area contributed by atoms with Crippen molar-refractivity contribution in [3.05, 3.63) is 35.1 Å². The summed E-state index contributed by atoms with van der Waals surface area (Å²) in [6.45, 7) is 9.22. The Bertz CT molecular complexity index is 903. The van der Waals surface area contributed by atoms with E-state index in [2.05, 4.69) is 23.8 Å². The van der Waals surface area contributed by atoms with E-state index in [9.17, 15) is 9.59 Å². The molecule has 2 amide bonds. The highest BCUT2D eigenvalue weighted by Crippen LogP contribution is 2.30. The van der Waals surface area contributed by atoms with E-state index >= 15 is 0 Å². The van der Waals surface area contributed by atoms with Gasteiger partial charge in [0.15, 0.2) is 0 Å². The van der Waals surface area contributed by atoms with Gasteiger partial charge in [-0.05, 0) is 50.2 Å². The first kappa shape index (κ1) is 21.0. The first-order valence-corrected chi connectivity index (χ1v) is 11.7. The molecule has 2 aliphatic rings. The van der Waals surface area contributed by atoms with Crippen molar-refractivity contribution in [1.82, 2.24) is 19.8 Å². The zero-order chi connectivity index (χ0) is 21.3. The minimum Gasteiger partial charge on any atom is -0.342 e. The summed E-state index contributed by atoms with van der Waals surface area (Å²) in [6.07, 6.45) is 6.41. The molecule has 0 N–H and O–H groups in total. The predicted molar refractivity (Wildman–Crippen MR) is 118 cm³/mol. The van der Waals surface area contributed by atoms with Gasteiger partial charge in [0.25, 0.3) is 5.91 Å². The molecule has 2 fully saturated rings. The Balaban J connectivity index is 1.46. The number of aryl methyl sites for hydroxylation is 1. The topological polar surface area (TPSA) is 66.4 Å². The molecule has 4 heterocycles. The second-order valence-corrected chi connectivity index (χ2v) is 9.95. The summed E-state index contributed by atoms with van der Waals surface area (Å²) in [4.78, 5) is 39.8. The fourth-order valence-corrected chi connectivity index (χ4v) is 5.84. The molecule has 0 aromatic carbocycles. The van der Waals surface area contributed by atoms with Crippen molar-refractivity contribution < 1.29 is 9.59 Å². The second kappa shape index (κ2) is 8.84. The Morgan fingerprint density at radius 3 is 2.60 bits per heavy atom. The molecule has 3 unspecified atom stereocenters. The number of pyridine rings is 1. The van der Waals surface area contributed by atoms with Gasteiger partial charge in [0, 0.05) is 44.1 Å². The van der Waals surface area contributed by atoms with E-state index in [0.717, 1.165) is 42.2 Å². The minimum absolute atomic E-state index is 0.00183. The van der Waals surface area contributed by atoms with Crippen LogP contribution in [0.2, 0.25) is 0 Å². The molecule has 0 radical (unpaired) electrons. The number of amides is 2. The first-order chi connectivity index (χ1) is 14.4. The second-order valence-electron chi connectivity index (χ2n) is 8.95. The Morgan fingerprint density at radius 1 is 1.13 bits per heavy atom. The third kappa shape index (κ3) is 4.41. The summed E-state index contributed by atoms with van der Waals surface area (Å²) in [7, 11) is 0. The lowest BCUT2D eigenvalue weighted by atomic mass is 9.89. The Hall–Kier alpha value is -2.28. The molecule has 2 saturated heterocycles. The highest BCUT2D eigenvalue weighted by atomic mass is 32.1. The summed E-state index contributed by atoms with van der Waals surface area (Å²) >= 11 is 1.41. The van der Waals surface area contributed by atoms with Gasteiger partial charge in [-0.15, -0.1) is 11.3 Å². The molecule has 2 aromatic rings. The average Bonchev–Trinajstić information content (AvgIpc) is 3.14. The zero-order valence-corrected chi connectivity index (χ0v) is 18.8. The van der Waals surface area contributed by atoms with Crippen molar-refractivity contribution in [2.45, 2.75) is 40.0 Å².